The van der Waals surface area contributed by atoms with Crippen molar-refractivity contribution in [2.75, 3.05) is 11.5 Å². The zero-order valence-electron chi connectivity index (χ0n) is 12.2. The van der Waals surface area contributed by atoms with Crippen LogP contribution in [0.4, 0.5) is 0 Å². The molecule has 0 aromatic carbocycles. The average molecular weight is 313 g/mol. The number of nitrogens with zero attached hydrogens (tertiary/aromatic N) is 2. The van der Waals surface area contributed by atoms with Crippen LogP contribution in [0.5, 0.6) is 0 Å². The van der Waals surface area contributed by atoms with Gasteiger partial charge in [0, 0.05) is 22.8 Å². The highest BCUT2D eigenvalue weighted by Crippen LogP contribution is 2.43. The standard InChI is InChI=1S/C14H23N3OS2/c1-9-11(20-8-7-19-9)12-16-13(18-17-12)14(2)6-4-3-5-10(14)15/h9-11H,3-8,15H2,1-2H3. The molecule has 1 saturated heterocycles. The summed E-state index contributed by atoms with van der Waals surface area (Å²) in [4.78, 5) is 4.74. The largest absolute Gasteiger partial charge is 0.339 e. The van der Waals surface area contributed by atoms with Crippen LogP contribution < -0.4 is 5.73 Å². The summed E-state index contributed by atoms with van der Waals surface area (Å²) in [5.41, 5.74) is 6.18. The normalized spacial score (nSPS) is 38.9. The van der Waals surface area contributed by atoms with Crippen molar-refractivity contribution < 1.29 is 4.52 Å². The fraction of sp³-hybridized carbons (Fsp3) is 0.857. The molecule has 1 aromatic heterocycles. The summed E-state index contributed by atoms with van der Waals surface area (Å²) in [6, 6.07) is 0.135. The van der Waals surface area contributed by atoms with Gasteiger partial charge in [0.2, 0.25) is 5.89 Å². The molecule has 4 unspecified atom stereocenters. The fourth-order valence-electron chi connectivity index (χ4n) is 3.12. The number of hydrogen-bond acceptors (Lipinski definition) is 6. The Morgan fingerprint density at radius 1 is 1.30 bits per heavy atom. The molecule has 2 heterocycles. The van der Waals surface area contributed by atoms with E-state index in [1.54, 1.807) is 0 Å². The van der Waals surface area contributed by atoms with Crippen LogP contribution >= 0.6 is 23.5 Å². The molecule has 3 rings (SSSR count). The third-order valence-electron chi connectivity index (χ3n) is 4.65. The van der Waals surface area contributed by atoms with Gasteiger partial charge in [0.25, 0.3) is 0 Å². The second-order valence-electron chi connectivity index (χ2n) is 6.09. The molecule has 1 aliphatic carbocycles. The number of rotatable bonds is 2. The Morgan fingerprint density at radius 3 is 2.85 bits per heavy atom. The average Bonchev–Trinajstić information content (AvgIpc) is 2.93. The van der Waals surface area contributed by atoms with Crippen LogP contribution in [0.3, 0.4) is 0 Å². The molecule has 4 nitrogen and oxygen atoms in total. The van der Waals surface area contributed by atoms with Gasteiger partial charge >= 0.3 is 0 Å². The monoisotopic (exact) mass is 313 g/mol. The van der Waals surface area contributed by atoms with Gasteiger partial charge in [-0.2, -0.15) is 16.7 Å². The first-order valence-corrected chi connectivity index (χ1v) is 9.54. The lowest BCUT2D eigenvalue weighted by atomic mass is 9.72. The zero-order valence-corrected chi connectivity index (χ0v) is 13.8. The molecule has 2 N–H and O–H groups in total. The molecular weight excluding hydrogens is 290 g/mol. The Kier molecular flexibility index (Phi) is 4.34. The van der Waals surface area contributed by atoms with Crippen LogP contribution in [0.15, 0.2) is 4.52 Å². The molecule has 6 heteroatoms. The smallest absolute Gasteiger partial charge is 0.234 e. The second kappa shape index (κ2) is 5.89. The number of thioether (sulfide) groups is 2. The van der Waals surface area contributed by atoms with Gasteiger partial charge in [0.15, 0.2) is 5.82 Å². The lowest BCUT2D eigenvalue weighted by molar-refractivity contribution is 0.203. The van der Waals surface area contributed by atoms with Gasteiger partial charge in [-0.25, -0.2) is 0 Å². The van der Waals surface area contributed by atoms with Gasteiger partial charge in [-0.05, 0) is 19.8 Å². The summed E-state index contributed by atoms with van der Waals surface area (Å²) in [7, 11) is 0. The van der Waals surface area contributed by atoms with E-state index in [0.717, 1.165) is 24.6 Å². The van der Waals surface area contributed by atoms with Gasteiger partial charge < -0.3 is 10.3 Å². The first-order chi connectivity index (χ1) is 9.61. The molecule has 2 fully saturated rings. The fourth-order valence-corrected chi connectivity index (χ4v) is 5.80. The topological polar surface area (TPSA) is 64.9 Å². The van der Waals surface area contributed by atoms with Crippen LogP contribution in [0.1, 0.15) is 56.5 Å². The summed E-state index contributed by atoms with van der Waals surface area (Å²) in [5, 5.41) is 5.17. The maximum Gasteiger partial charge on any atom is 0.234 e. The molecule has 1 saturated carbocycles. The van der Waals surface area contributed by atoms with Gasteiger partial charge in [-0.15, -0.1) is 11.8 Å². The Hall–Kier alpha value is -0.200. The van der Waals surface area contributed by atoms with E-state index < -0.39 is 0 Å². The number of nitrogens with two attached hydrogens (primary N) is 1. The lowest BCUT2D eigenvalue weighted by Crippen LogP contribution is -2.45. The van der Waals surface area contributed by atoms with E-state index in [1.807, 2.05) is 23.5 Å². The van der Waals surface area contributed by atoms with Gasteiger partial charge in [-0.3, -0.25) is 0 Å². The van der Waals surface area contributed by atoms with Crippen molar-refractivity contribution in [3.8, 4) is 0 Å². The van der Waals surface area contributed by atoms with Gasteiger partial charge in [-0.1, -0.05) is 24.9 Å². The van der Waals surface area contributed by atoms with E-state index in [-0.39, 0.29) is 11.5 Å². The molecular formula is C14H23N3OS2. The van der Waals surface area contributed by atoms with Crippen LogP contribution in [0.25, 0.3) is 0 Å². The highest BCUT2D eigenvalue weighted by atomic mass is 32.2. The van der Waals surface area contributed by atoms with Crippen molar-refractivity contribution in [1.82, 2.24) is 10.1 Å². The van der Waals surface area contributed by atoms with E-state index in [4.69, 9.17) is 15.2 Å². The third-order valence-corrected chi connectivity index (χ3v) is 7.74. The first-order valence-electron chi connectivity index (χ1n) is 7.44. The molecule has 1 aromatic rings. The predicted octanol–water partition coefficient (Wildman–Crippen LogP) is 3.14. The highest BCUT2D eigenvalue weighted by molar-refractivity contribution is 8.06. The van der Waals surface area contributed by atoms with Crippen LogP contribution in [0, 0.1) is 0 Å². The van der Waals surface area contributed by atoms with E-state index >= 15 is 0 Å². The van der Waals surface area contributed by atoms with E-state index in [1.165, 1.54) is 24.3 Å². The second-order valence-corrected chi connectivity index (χ2v) is 8.83. The van der Waals surface area contributed by atoms with Crippen LogP contribution in [-0.4, -0.2) is 32.9 Å². The summed E-state index contributed by atoms with van der Waals surface area (Å²) < 4.78 is 5.62. The number of aromatic nitrogens is 2. The maximum absolute atomic E-state index is 6.32. The molecule has 0 spiro atoms. The minimum atomic E-state index is -0.140. The number of hydrogen-bond donors (Lipinski definition) is 1. The molecule has 20 heavy (non-hydrogen) atoms. The third kappa shape index (κ3) is 2.62. The quantitative estimate of drug-likeness (QED) is 0.905. The van der Waals surface area contributed by atoms with Crippen molar-refractivity contribution in [1.29, 1.82) is 0 Å². The van der Waals surface area contributed by atoms with Crippen LogP contribution in [0.2, 0.25) is 0 Å². The summed E-state index contributed by atoms with van der Waals surface area (Å²) in [6.45, 7) is 4.44. The lowest BCUT2D eigenvalue weighted by Gasteiger charge is -2.36. The van der Waals surface area contributed by atoms with E-state index in [9.17, 15) is 0 Å². The minimum Gasteiger partial charge on any atom is -0.339 e. The van der Waals surface area contributed by atoms with Crippen molar-refractivity contribution in [3.05, 3.63) is 11.7 Å². The van der Waals surface area contributed by atoms with Crippen LogP contribution in [-0.2, 0) is 5.41 Å². The van der Waals surface area contributed by atoms with Gasteiger partial charge in [0.05, 0.1) is 10.7 Å². The Labute approximate surface area is 129 Å². The zero-order chi connectivity index (χ0) is 14.2. The van der Waals surface area contributed by atoms with Crippen molar-refractivity contribution in [3.63, 3.8) is 0 Å². The van der Waals surface area contributed by atoms with Crippen molar-refractivity contribution in [2.45, 2.75) is 61.5 Å². The van der Waals surface area contributed by atoms with Gasteiger partial charge in [0.1, 0.15) is 0 Å². The van der Waals surface area contributed by atoms with E-state index in [0.29, 0.717) is 10.5 Å². The summed E-state index contributed by atoms with van der Waals surface area (Å²) in [6.07, 6.45) is 4.52. The molecule has 2 aliphatic rings. The SMILES string of the molecule is CC1SCCSC1c1noc(C2(C)CCCCC2N)n1. The molecule has 0 bridgehead atoms. The molecule has 112 valence electrons. The maximum atomic E-state index is 6.32. The molecule has 0 amide bonds. The van der Waals surface area contributed by atoms with Crippen molar-refractivity contribution in [2.24, 2.45) is 5.73 Å². The molecule has 1 aliphatic heterocycles. The molecule has 4 atom stereocenters. The first kappa shape index (κ1) is 14.7. The molecule has 0 radical (unpaired) electrons. The Morgan fingerprint density at radius 2 is 2.10 bits per heavy atom. The summed E-state index contributed by atoms with van der Waals surface area (Å²) >= 11 is 3.95. The Balaban J connectivity index is 1.82. The summed E-state index contributed by atoms with van der Waals surface area (Å²) in [5.74, 6) is 4.00. The van der Waals surface area contributed by atoms with E-state index in [2.05, 4.69) is 19.0 Å². The Bertz CT molecular complexity index is 467. The predicted molar refractivity (Wildman–Crippen MR) is 85.2 cm³/mol. The van der Waals surface area contributed by atoms with Crippen molar-refractivity contribution >= 4 is 23.5 Å². The minimum absolute atomic E-state index is 0.135. The highest BCUT2D eigenvalue weighted by Gasteiger charge is 2.41.